The van der Waals surface area contributed by atoms with Gasteiger partial charge in [-0.05, 0) is 52.6 Å². The maximum Gasteiger partial charge on any atom is 0.163 e. The van der Waals surface area contributed by atoms with Crippen molar-refractivity contribution in [2.45, 2.75) is 18.9 Å². The molecular weight excluding hydrogens is 272 g/mol. The van der Waals surface area contributed by atoms with Gasteiger partial charge >= 0.3 is 0 Å². The lowest BCUT2D eigenvalue weighted by molar-refractivity contribution is 0.261. The molecule has 1 unspecified atom stereocenters. The largest absolute Gasteiger partial charge is 0.313 e. The van der Waals surface area contributed by atoms with Crippen LogP contribution in [0.25, 0.3) is 0 Å². The van der Waals surface area contributed by atoms with Gasteiger partial charge in [-0.25, -0.2) is 8.78 Å². The Balaban J connectivity index is 1.94. The fraction of sp³-hybridized carbons (Fsp3) is 0.625. The summed E-state index contributed by atoms with van der Waals surface area (Å²) in [7, 11) is 3.94. The van der Waals surface area contributed by atoms with Gasteiger partial charge in [-0.2, -0.15) is 0 Å². The Morgan fingerprint density at radius 1 is 1.19 bits per heavy atom. The highest BCUT2D eigenvalue weighted by molar-refractivity contribution is 5.22. The van der Waals surface area contributed by atoms with Gasteiger partial charge in [0.2, 0.25) is 0 Å². The zero-order valence-corrected chi connectivity index (χ0v) is 12.9. The van der Waals surface area contributed by atoms with Crippen LogP contribution >= 0.6 is 0 Å². The van der Waals surface area contributed by atoms with Gasteiger partial charge in [0.15, 0.2) is 11.6 Å². The normalized spacial score (nSPS) is 19.4. The summed E-state index contributed by atoms with van der Waals surface area (Å²) in [6.07, 6.45) is 1.94. The monoisotopic (exact) mass is 297 g/mol. The van der Waals surface area contributed by atoms with Crippen LogP contribution in [0.4, 0.5) is 8.78 Å². The minimum Gasteiger partial charge on any atom is -0.313 e. The summed E-state index contributed by atoms with van der Waals surface area (Å²) in [5.74, 6) is -1.50. The smallest absolute Gasteiger partial charge is 0.163 e. The van der Waals surface area contributed by atoms with Crippen molar-refractivity contribution in [3.63, 3.8) is 0 Å². The first kappa shape index (κ1) is 16.3. The van der Waals surface area contributed by atoms with Crippen molar-refractivity contribution in [1.82, 2.24) is 15.1 Å². The molecule has 1 N–H and O–H groups in total. The Morgan fingerprint density at radius 2 is 2.00 bits per heavy atom. The number of nitrogens with zero attached hydrogens (tertiary/aromatic N) is 2. The molecule has 1 saturated heterocycles. The fourth-order valence-corrected chi connectivity index (χ4v) is 2.88. The Labute approximate surface area is 125 Å². The van der Waals surface area contributed by atoms with Crippen molar-refractivity contribution in [2.75, 3.05) is 46.8 Å². The Hall–Kier alpha value is -1.04. The number of rotatable bonds is 5. The summed E-state index contributed by atoms with van der Waals surface area (Å²) in [5.41, 5.74) is 0.421. The molecule has 5 heteroatoms. The average Bonchev–Trinajstić information content (AvgIpc) is 2.68. The van der Waals surface area contributed by atoms with Crippen molar-refractivity contribution >= 4 is 0 Å². The number of benzene rings is 1. The Bertz CT molecular complexity index is 453. The molecule has 0 saturated carbocycles. The van der Waals surface area contributed by atoms with Crippen LogP contribution in [0.2, 0.25) is 0 Å². The van der Waals surface area contributed by atoms with Crippen molar-refractivity contribution in [2.24, 2.45) is 0 Å². The Morgan fingerprint density at radius 3 is 2.76 bits per heavy atom. The van der Waals surface area contributed by atoms with Crippen LogP contribution in [0.1, 0.15) is 24.4 Å². The van der Waals surface area contributed by atoms with E-state index in [-0.39, 0.29) is 6.04 Å². The quantitative estimate of drug-likeness (QED) is 0.899. The first-order valence-corrected chi connectivity index (χ1v) is 7.64. The molecule has 21 heavy (non-hydrogen) atoms. The zero-order valence-electron chi connectivity index (χ0n) is 12.9. The summed E-state index contributed by atoms with van der Waals surface area (Å²) < 4.78 is 27.2. The molecule has 0 radical (unpaired) electrons. The molecule has 1 fully saturated rings. The highest BCUT2D eigenvalue weighted by Crippen LogP contribution is 2.22. The van der Waals surface area contributed by atoms with Gasteiger partial charge in [-0.15, -0.1) is 0 Å². The van der Waals surface area contributed by atoms with Gasteiger partial charge in [-0.1, -0.05) is 12.1 Å². The van der Waals surface area contributed by atoms with E-state index in [1.54, 1.807) is 19.2 Å². The van der Waals surface area contributed by atoms with Crippen LogP contribution in [0.5, 0.6) is 0 Å². The molecule has 1 atom stereocenters. The molecule has 0 aromatic heterocycles. The maximum absolute atomic E-state index is 13.9. The van der Waals surface area contributed by atoms with E-state index in [2.05, 4.69) is 22.2 Å². The van der Waals surface area contributed by atoms with Crippen molar-refractivity contribution < 1.29 is 8.78 Å². The molecule has 1 aliphatic rings. The van der Waals surface area contributed by atoms with Gasteiger partial charge in [0, 0.05) is 24.7 Å². The third-order valence-electron chi connectivity index (χ3n) is 4.25. The lowest BCUT2D eigenvalue weighted by Crippen LogP contribution is -2.32. The SMILES string of the molecule is CNC(CCN1CCCN(C)CC1)c1cccc(F)c1F. The predicted octanol–water partition coefficient (Wildman–Crippen LogP) is 2.25. The van der Waals surface area contributed by atoms with Crippen LogP contribution in [0.15, 0.2) is 18.2 Å². The highest BCUT2D eigenvalue weighted by Gasteiger charge is 2.19. The highest BCUT2D eigenvalue weighted by atomic mass is 19.2. The summed E-state index contributed by atoms with van der Waals surface area (Å²) in [4.78, 5) is 4.74. The molecule has 0 spiro atoms. The van der Waals surface area contributed by atoms with Crippen LogP contribution in [-0.2, 0) is 0 Å². The van der Waals surface area contributed by atoms with Crippen LogP contribution in [-0.4, -0.2) is 56.6 Å². The molecule has 1 aliphatic heterocycles. The molecule has 118 valence electrons. The van der Waals surface area contributed by atoms with Crippen LogP contribution in [0, 0.1) is 11.6 Å². The molecule has 3 nitrogen and oxygen atoms in total. The Kier molecular flexibility index (Phi) is 6.08. The summed E-state index contributed by atoms with van der Waals surface area (Å²) in [6, 6.07) is 4.24. The van der Waals surface area contributed by atoms with Crippen molar-refractivity contribution in [3.05, 3.63) is 35.4 Å². The van der Waals surface area contributed by atoms with E-state index < -0.39 is 11.6 Å². The lowest BCUT2D eigenvalue weighted by atomic mass is 10.0. The van der Waals surface area contributed by atoms with Crippen LogP contribution < -0.4 is 5.32 Å². The lowest BCUT2D eigenvalue weighted by Gasteiger charge is -2.24. The van der Waals surface area contributed by atoms with E-state index in [1.165, 1.54) is 0 Å². The first-order valence-electron chi connectivity index (χ1n) is 7.64. The minimum absolute atomic E-state index is 0.151. The number of hydrogen-bond acceptors (Lipinski definition) is 3. The molecular formula is C16H25F2N3. The third-order valence-corrected chi connectivity index (χ3v) is 4.25. The predicted molar refractivity (Wildman–Crippen MR) is 81.3 cm³/mol. The van der Waals surface area contributed by atoms with E-state index in [9.17, 15) is 8.78 Å². The van der Waals surface area contributed by atoms with E-state index in [0.717, 1.165) is 51.6 Å². The average molecular weight is 297 g/mol. The maximum atomic E-state index is 13.9. The molecule has 0 bridgehead atoms. The van der Waals surface area contributed by atoms with E-state index in [0.29, 0.717) is 5.56 Å². The second kappa shape index (κ2) is 7.82. The summed E-state index contributed by atoms with van der Waals surface area (Å²) in [6.45, 7) is 5.21. The van der Waals surface area contributed by atoms with E-state index in [1.807, 2.05) is 0 Å². The standard InChI is InChI=1S/C16H25F2N3/c1-19-15(13-5-3-6-14(17)16(13)18)7-10-21-9-4-8-20(2)11-12-21/h3,5-6,15,19H,4,7-12H2,1-2H3. The summed E-state index contributed by atoms with van der Waals surface area (Å²) in [5, 5.41) is 3.11. The molecule has 1 aromatic rings. The van der Waals surface area contributed by atoms with Gasteiger partial charge in [0.25, 0.3) is 0 Å². The molecule has 1 aromatic carbocycles. The van der Waals surface area contributed by atoms with Gasteiger partial charge in [0.1, 0.15) is 0 Å². The number of hydrogen-bond donors (Lipinski definition) is 1. The van der Waals surface area contributed by atoms with Crippen LogP contribution in [0.3, 0.4) is 0 Å². The molecule has 2 rings (SSSR count). The number of likely N-dealkylation sites (N-methyl/N-ethyl adjacent to an activating group) is 1. The van der Waals surface area contributed by atoms with Crippen molar-refractivity contribution in [1.29, 1.82) is 0 Å². The second-order valence-electron chi connectivity index (χ2n) is 5.77. The summed E-state index contributed by atoms with van der Waals surface area (Å²) >= 11 is 0. The first-order chi connectivity index (χ1) is 10.1. The topological polar surface area (TPSA) is 18.5 Å². The fourth-order valence-electron chi connectivity index (χ4n) is 2.88. The van der Waals surface area contributed by atoms with E-state index >= 15 is 0 Å². The minimum atomic E-state index is -0.774. The van der Waals surface area contributed by atoms with Gasteiger partial charge in [-0.3, -0.25) is 0 Å². The molecule has 0 amide bonds. The van der Waals surface area contributed by atoms with Crippen molar-refractivity contribution in [3.8, 4) is 0 Å². The van der Waals surface area contributed by atoms with Gasteiger partial charge in [0.05, 0.1) is 0 Å². The molecule has 1 heterocycles. The number of halogens is 2. The second-order valence-corrected chi connectivity index (χ2v) is 5.77. The number of nitrogens with one attached hydrogen (secondary N) is 1. The molecule has 0 aliphatic carbocycles. The van der Waals surface area contributed by atoms with E-state index in [4.69, 9.17) is 0 Å². The van der Waals surface area contributed by atoms with Gasteiger partial charge < -0.3 is 15.1 Å². The third kappa shape index (κ3) is 4.46. The zero-order chi connectivity index (χ0) is 15.2.